The first kappa shape index (κ1) is 36.7. The summed E-state index contributed by atoms with van der Waals surface area (Å²) in [5.74, 6) is 0.792. The van der Waals surface area contributed by atoms with Crippen LogP contribution in [0.25, 0.3) is 72.7 Å². The van der Waals surface area contributed by atoms with Gasteiger partial charge in [0.25, 0.3) is 0 Å². The normalized spacial score (nSPS) is 12.7. The second-order valence-corrected chi connectivity index (χ2v) is 16.6. The number of aryl methyl sites for hydroxylation is 1. The fourth-order valence-electron chi connectivity index (χ4n) is 7.58. The van der Waals surface area contributed by atoms with E-state index in [9.17, 15) is 5.11 Å². The zero-order valence-electron chi connectivity index (χ0n) is 37.0. The van der Waals surface area contributed by atoms with Crippen LogP contribution in [0.3, 0.4) is 0 Å². The van der Waals surface area contributed by atoms with Gasteiger partial charge < -0.3 is 5.11 Å². The molecule has 8 aromatic rings. The maximum absolute atomic E-state index is 12.1. The van der Waals surface area contributed by atoms with E-state index in [1.165, 1.54) is 0 Å². The molecule has 0 aliphatic carbocycles. The van der Waals surface area contributed by atoms with Gasteiger partial charge in [0.2, 0.25) is 0 Å². The van der Waals surface area contributed by atoms with Crippen molar-refractivity contribution in [2.75, 3.05) is 0 Å². The van der Waals surface area contributed by atoms with E-state index in [0.29, 0.717) is 28.1 Å². The van der Waals surface area contributed by atoms with Crippen LogP contribution in [0.1, 0.15) is 86.7 Å². The molecular formula is C53H50N3OPt-. The van der Waals surface area contributed by atoms with Gasteiger partial charge in [-0.15, -0.1) is 29.3 Å². The number of imidazole rings is 1. The minimum absolute atomic E-state index is 0. The first-order chi connectivity index (χ1) is 28.6. The molecule has 0 amide bonds. The largest absolute Gasteiger partial charge is 0.507 e. The van der Waals surface area contributed by atoms with Crippen LogP contribution in [0.15, 0.2) is 140 Å². The zero-order valence-corrected chi connectivity index (χ0v) is 36.3. The van der Waals surface area contributed by atoms with E-state index in [-0.39, 0.29) is 49.6 Å². The van der Waals surface area contributed by atoms with E-state index >= 15 is 0 Å². The van der Waals surface area contributed by atoms with Crippen LogP contribution >= 0.6 is 0 Å². The molecule has 2 aromatic heterocycles. The predicted octanol–water partition coefficient (Wildman–Crippen LogP) is 14.1. The van der Waals surface area contributed by atoms with Crippen molar-refractivity contribution in [1.82, 2.24) is 14.5 Å². The Morgan fingerprint density at radius 2 is 1.34 bits per heavy atom. The first-order valence-electron chi connectivity index (χ1n) is 21.3. The molecule has 0 saturated carbocycles. The molecule has 1 N–H and O–H groups in total. The maximum Gasteiger partial charge on any atom is 0.148 e. The fourth-order valence-corrected chi connectivity index (χ4v) is 7.58. The van der Waals surface area contributed by atoms with Crippen LogP contribution in [-0.2, 0) is 26.5 Å². The topological polar surface area (TPSA) is 50.9 Å². The van der Waals surface area contributed by atoms with Crippen molar-refractivity contribution in [1.29, 1.82) is 0 Å². The minimum Gasteiger partial charge on any atom is -0.507 e. The zero-order chi connectivity index (χ0) is 42.5. The van der Waals surface area contributed by atoms with Crippen molar-refractivity contribution in [3.8, 4) is 67.5 Å². The number of nitrogens with zero attached hydrogens (tertiary/aromatic N) is 3. The third-order valence-corrected chi connectivity index (χ3v) is 10.9. The number of aromatic nitrogens is 3. The van der Waals surface area contributed by atoms with Gasteiger partial charge in [0.1, 0.15) is 11.6 Å². The number of hydrogen-bond donors (Lipinski definition) is 1. The number of benzene rings is 6. The molecule has 0 saturated heterocycles. The summed E-state index contributed by atoms with van der Waals surface area (Å²) in [4.78, 5) is 10.3. The number of hydrogen-bond acceptors (Lipinski definition) is 3. The summed E-state index contributed by atoms with van der Waals surface area (Å²) in [5.41, 5.74) is 12.6. The number of fused-ring (bicyclic) bond motifs is 1. The van der Waals surface area contributed by atoms with Gasteiger partial charge in [0, 0.05) is 37.1 Å². The molecule has 0 atom stereocenters. The second kappa shape index (κ2) is 16.4. The van der Waals surface area contributed by atoms with E-state index in [1.807, 2.05) is 102 Å². The summed E-state index contributed by atoms with van der Waals surface area (Å²) in [6, 6.07) is 48.0. The summed E-state index contributed by atoms with van der Waals surface area (Å²) in [6.45, 7) is 12.5. The molecule has 5 heteroatoms. The van der Waals surface area contributed by atoms with Gasteiger partial charge in [-0.1, -0.05) is 151 Å². The van der Waals surface area contributed by atoms with Crippen molar-refractivity contribution in [3.63, 3.8) is 0 Å². The molecule has 0 aliphatic rings. The summed E-state index contributed by atoms with van der Waals surface area (Å²) in [7, 11) is 0. The van der Waals surface area contributed by atoms with Crippen molar-refractivity contribution in [2.45, 2.75) is 72.6 Å². The number of aromatic hydroxyl groups is 1. The first-order valence-corrected chi connectivity index (χ1v) is 19.8. The smallest absolute Gasteiger partial charge is 0.148 e. The van der Waals surface area contributed by atoms with Crippen molar-refractivity contribution < 1.29 is 30.3 Å². The Hall–Kier alpha value is -5.57. The number of phenolic OH excluding ortho intramolecular Hbond substituents is 1. The van der Waals surface area contributed by atoms with Crippen LogP contribution in [0.5, 0.6) is 5.75 Å². The van der Waals surface area contributed by atoms with Gasteiger partial charge in [-0.3, -0.25) is 9.55 Å². The van der Waals surface area contributed by atoms with Gasteiger partial charge in [0.05, 0.1) is 22.3 Å². The van der Waals surface area contributed by atoms with E-state index in [4.69, 9.17) is 14.1 Å². The monoisotopic (exact) mass is 942 g/mol. The fraction of sp³-hybridized carbons (Fsp3) is 0.208. The number of rotatable bonds is 8. The van der Waals surface area contributed by atoms with Gasteiger partial charge in [0.15, 0.2) is 0 Å². The molecular weight excluding hydrogens is 890 g/mol. The quantitative estimate of drug-likeness (QED) is 0.154. The van der Waals surface area contributed by atoms with Crippen molar-refractivity contribution in [2.24, 2.45) is 0 Å². The minimum atomic E-state index is -2.47. The van der Waals surface area contributed by atoms with Crippen LogP contribution < -0.4 is 0 Å². The van der Waals surface area contributed by atoms with Crippen molar-refractivity contribution >= 4 is 11.0 Å². The number of pyridine rings is 1. The second-order valence-electron chi connectivity index (χ2n) is 16.6. The molecule has 0 bridgehead atoms. The molecule has 58 heavy (non-hydrogen) atoms. The Morgan fingerprint density at radius 1 is 0.672 bits per heavy atom. The SMILES string of the molecule is [2H]C([2H])([2H])c1cc(-c2ccccc2)ccc1-n1c(-c2cc(C(C)C)cc(C(C)C)c2O)nc2c(-c3[c-]c(-c4cc(-c5ccccc5)ccn4)cc(C(C)(C)C)c3)cccc21.[Pt]. The predicted molar refractivity (Wildman–Crippen MR) is 238 cm³/mol. The van der Waals surface area contributed by atoms with Gasteiger partial charge >= 0.3 is 0 Å². The molecule has 8 rings (SSSR count). The standard InChI is InChI=1S/C53H50N3O.Pt/c1-33(2)40-30-45(34(3)4)51(57)46(31-40)52-55-50-44(20-15-21-49(50)56(52)48-23-22-38(26-35(48)5)36-16-11-9-12-17-36)41-27-42(29-43(28-41)53(6,7)8)47-32-39(24-25-54-47)37-18-13-10-14-19-37;/h9-26,28-34,57H,1-8H3;/q-1;/i5D3;. The summed E-state index contributed by atoms with van der Waals surface area (Å²) >= 11 is 0. The van der Waals surface area contributed by atoms with Crippen LogP contribution in [0.4, 0.5) is 0 Å². The van der Waals surface area contributed by atoms with Crippen molar-refractivity contribution in [3.05, 3.63) is 168 Å². The Kier molecular flexibility index (Phi) is 10.4. The van der Waals surface area contributed by atoms with Gasteiger partial charge in [-0.05, 0) is 93.4 Å². The van der Waals surface area contributed by atoms with Gasteiger partial charge in [-0.2, -0.15) is 0 Å². The van der Waals surface area contributed by atoms with Crippen LogP contribution in [0, 0.1) is 12.9 Å². The summed E-state index contributed by atoms with van der Waals surface area (Å²) in [6.07, 6.45) is 1.85. The molecule has 0 unspecified atom stereocenters. The Balaban J connectivity index is 0.00000561. The van der Waals surface area contributed by atoms with E-state index in [0.717, 1.165) is 61.3 Å². The summed E-state index contributed by atoms with van der Waals surface area (Å²) < 4.78 is 28.5. The third-order valence-electron chi connectivity index (χ3n) is 10.9. The van der Waals surface area contributed by atoms with E-state index in [2.05, 4.69) is 90.9 Å². The Bertz CT molecular complexity index is 2860. The molecule has 4 nitrogen and oxygen atoms in total. The summed E-state index contributed by atoms with van der Waals surface area (Å²) in [5, 5.41) is 12.1. The van der Waals surface area contributed by atoms with Crippen LogP contribution in [0.2, 0.25) is 0 Å². The molecule has 6 aromatic carbocycles. The molecule has 294 valence electrons. The molecule has 0 aliphatic heterocycles. The van der Waals surface area contributed by atoms with Crippen LogP contribution in [-0.4, -0.2) is 19.6 Å². The third kappa shape index (κ3) is 7.83. The average molecular weight is 943 g/mol. The molecule has 0 spiro atoms. The molecule has 0 radical (unpaired) electrons. The van der Waals surface area contributed by atoms with Gasteiger partial charge in [-0.25, -0.2) is 4.98 Å². The number of phenols is 1. The average Bonchev–Trinajstić information content (AvgIpc) is 3.62. The van der Waals surface area contributed by atoms with E-state index in [1.54, 1.807) is 6.07 Å². The Labute approximate surface area is 362 Å². The number of para-hydroxylation sites is 1. The maximum atomic E-state index is 12.1. The van der Waals surface area contributed by atoms with E-state index < -0.39 is 6.85 Å². The molecule has 0 fully saturated rings. The molecule has 2 heterocycles. The Morgan fingerprint density at radius 3 is 1.98 bits per heavy atom.